The lowest BCUT2D eigenvalue weighted by molar-refractivity contribution is -0.0941. The molecule has 2 bridgehead atoms. The van der Waals surface area contributed by atoms with Gasteiger partial charge in [0.15, 0.2) is 0 Å². The third kappa shape index (κ3) is 16.7. The average Bonchev–Trinajstić information content (AvgIpc) is 3.79. The molecule has 0 aromatic rings. The Labute approximate surface area is 351 Å². The molecule has 0 aromatic heterocycles. The van der Waals surface area contributed by atoms with E-state index in [4.69, 9.17) is 0 Å². The van der Waals surface area contributed by atoms with E-state index in [0.29, 0.717) is 23.2 Å². The molecule has 6 heterocycles. The van der Waals surface area contributed by atoms with Gasteiger partial charge in [0.2, 0.25) is 0 Å². The third-order valence-electron chi connectivity index (χ3n) is 13.4. The van der Waals surface area contributed by atoms with E-state index in [1.54, 1.807) is 0 Å². The highest BCUT2D eigenvalue weighted by atomic mass is 19.3. The summed E-state index contributed by atoms with van der Waals surface area (Å²) in [6, 6.07) is 3.45. The van der Waals surface area contributed by atoms with Gasteiger partial charge in [-0.3, -0.25) is 24.5 Å². The van der Waals surface area contributed by atoms with Gasteiger partial charge in [-0.05, 0) is 196 Å². The molecule has 0 radical (unpaired) electrons. The lowest BCUT2D eigenvalue weighted by atomic mass is 9.93. The summed E-state index contributed by atoms with van der Waals surface area (Å²) in [5.74, 6) is -4.92. The molecule has 0 unspecified atom stereocenters. The van der Waals surface area contributed by atoms with Crippen molar-refractivity contribution >= 4 is 0 Å². The topological polar surface area (TPSA) is 16.2 Å². The molecule has 4 atom stereocenters. The van der Waals surface area contributed by atoms with Crippen molar-refractivity contribution < 1.29 is 17.6 Å². The van der Waals surface area contributed by atoms with Crippen molar-refractivity contribution in [2.24, 2.45) is 0 Å². The van der Waals surface area contributed by atoms with Crippen LogP contribution >= 0.6 is 0 Å². The van der Waals surface area contributed by atoms with Crippen LogP contribution in [0.3, 0.4) is 0 Å². The number of rotatable bonds is 0. The first-order chi connectivity index (χ1) is 25.6. The summed E-state index contributed by atoms with van der Waals surface area (Å²) in [6.45, 7) is 44.5. The number of alkyl halides is 4. The Balaban J connectivity index is 0.000000246. The van der Waals surface area contributed by atoms with E-state index in [2.05, 4.69) is 117 Å². The van der Waals surface area contributed by atoms with Crippen molar-refractivity contribution in [3.05, 3.63) is 0 Å². The van der Waals surface area contributed by atoms with Gasteiger partial charge >= 0.3 is 0 Å². The minimum atomic E-state index is -2.48. The second-order valence-corrected chi connectivity index (χ2v) is 23.8. The van der Waals surface area contributed by atoms with E-state index in [1.807, 2.05) is 39.5 Å². The molecule has 0 aliphatic carbocycles. The van der Waals surface area contributed by atoms with Crippen molar-refractivity contribution in [2.45, 2.75) is 284 Å². The van der Waals surface area contributed by atoms with Gasteiger partial charge in [-0.1, -0.05) is 6.42 Å². The van der Waals surface area contributed by atoms with Gasteiger partial charge in [0.05, 0.1) is 6.54 Å². The highest BCUT2D eigenvalue weighted by Gasteiger charge is 2.47. The Morgan fingerprint density at radius 3 is 1.00 bits per heavy atom. The minimum absolute atomic E-state index is 0.000000000000000444. The van der Waals surface area contributed by atoms with Crippen molar-refractivity contribution in [1.29, 1.82) is 0 Å². The maximum atomic E-state index is 13.0. The van der Waals surface area contributed by atoms with Crippen molar-refractivity contribution in [3.63, 3.8) is 0 Å². The largest absolute Gasteiger partial charge is 0.296 e. The quantitative estimate of drug-likeness (QED) is 0.226. The molecule has 0 saturated carbocycles. The zero-order valence-electron chi connectivity index (χ0n) is 41.0. The standard InChI is InChI=1S/C10H19F2N.C10H19N.C10H21N.C9H17F2N.C9H19N/c1-8-7-10(11,12)5-6-13(8)9(2,3)4;1-10(2,3)11-8-4-5-9(11)7-6-8;1-9-7-5-6-8-11(9)10(2,3)4;1-7-5-9(10,11)6-12(7)8(2,3)4;1-8-6-5-7-10(8)9(2,3)4/h8H,5-7H2,1-4H3;8-9H,4-7H2,1-3H3;9H,5-8H2,1-4H3;7H,5-6H2,1-4H3;8H,5-7H2,1-4H3/t8-;;9-;7-;8-/m0.000/s1. The number of likely N-dealkylation sites (tertiary alicyclic amines) is 4. The van der Waals surface area contributed by atoms with Gasteiger partial charge in [-0.2, -0.15) is 0 Å². The van der Waals surface area contributed by atoms with Crippen LogP contribution in [0.4, 0.5) is 17.6 Å². The monoisotopic (exact) mass is 818 g/mol. The first kappa shape index (κ1) is 52.7. The van der Waals surface area contributed by atoms with Crippen LogP contribution in [0.5, 0.6) is 0 Å². The molecule has 9 heteroatoms. The van der Waals surface area contributed by atoms with Gasteiger partial charge in [-0.15, -0.1) is 0 Å². The lowest BCUT2D eigenvalue weighted by Crippen LogP contribution is -2.53. The average molecular weight is 818 g/mol. The van der Waals surface area contributed by atoms with Crippen LogP contribution in [0.15, 0.2) is 0 Å². The molecule has 6 fully saturated rings. The van der Waals surface area contributed by atoms with Gasteiger partial charge in [-0.25, -0.2) is 17.6 Å². The van der Waals surface area contributed by atoms with Crippen LogP contribution in [0.2, 0.25) is 0 Å². The smallest absolute Gasteiger partial charge is 0.262 e. The Morgan fingerprint density at radius 2 is 0.737 bits per heavy atom. The number of piperidine rings is 2. The number of halogens is 4. The molecule has 6 aliphatic rings. The van der Waals surface area contributed by atoms with Crippen LogP contribution in [0, 0.1) is 0 Å². The van der Waals surface area contributed by atoms with Crippen LogP contribution in [0.25, 0.3) is 0 Å². The predicted molar refractivity (Wildman–Crippen MR) is 238 cm³/mol. The summed E-state index contributed by atoms with van der Waals surface area (Å²) in [7, 11) is 0. The fourth-order valence-electron chi connectivity index (χ4n) is 11.1. The lowest BCUT2D eigenvalue weighted by Gasteiger charge is -2.45. The van der Waals surface area contributed by atoms with Crippen LogP contribution in [-0.4, -0.2) is 126 Å². The first-order valence-electron chi connectivity index (χ1n) is 23.2. The molecular weight excluding hydrogens is 723 g/mol. The summed E-state index contributed by atoms with van der Waals surface area (Å²) in [4.78, 5) is 12.0. The molecule has 6 aliphatic heterocycles. The van der Waals surface area contributed by atoms with Gasteiger partial charge < -0.3 is 0 Å². The van der Waals surface area contributed by atoms with Crippen molar-refractivity contribution in [2.75, 3.05) is 26.2 Å². The third-order valence-corrected chi connectivity index (χ3v) is 13.4. The maximum Gasteiger partial charge on any atom is 0.262 e. The molecule has 0 spiro atoms. The zero-order valence-corrected chi connectivity index (χ0v) is 41.0. The highest BCUT2D eigenvalue weighted by Crippen LogP contribution is 2.42. The number of fused-ring (bicyclic) bond motifs is 2. The van der Waals surface area contributed by atoms with Crippen LogP contribution in [0.1, 0.15) is 209 Å². The van der Waals surface area contributed by atoms with Crippen molar-refractivity contribution in [1.82, 2.24) is 24.5 Å². The Bertz CT molecular complexity index is 1150. The zero-order chi connectivity index (χ0) is 44.2. The van der Waals surface area contributed by atoms with Gasteiger partial charge in [0, 0.05) is 89.8 Å². The minimum Gasteiger partial charge on any atom is -0.296 e. The van der Waals surface area contributed by atoms with Crippen molar-refractivity contribution in [3.8, 4) is 0 Å². The fourth-order valence-corrected chi connectivity index (χ4v) is 11.1. The number of hydrogen-bond donors (Lipinski definition) is 0. The molecular formula is C48H95F4N5. The van der Waals surface area contributed by atoms with E-state index in [0.717, 1.165) is 24.2 Å². The summed E-state index contributed by atoms with van der Waals surface area (Å²) < 4.78 is 51.8. The van der Waals surface area contributed by atoms with E-state index >= 15 is 0 Å². The van der Waals surface area contributed by atoms with E-state index in [1.165, 1.54) is 70.9 Å². The second kappa shape index (κ2) is 20.1. The number of nitrogens with zero attached hydrogens (tertiary/aromatic N) is 5. The van der Waals surface area contributed by atoms with E-state index in [-0.39, 0.29) is 49.0 Å². The Hall–Kier alpha value is -0.480. The van der Waals surface area contributed by atoms with E-state index in [9.17, 15) is 17.6 Å². The predicted octanol–water partition coefficient (Wildman–Crippen LogP) is 12.8. The normalized spacial score (nSPS) is 31.6. The molecule has 340 valence electrons. The summed E-state index contributed by atoms with van der Waals surface area (Å²) in [6.07, 6.45) is 12.8. The SMILES string of the molecule is CC(C)(C)N1C2CCC1CC2.C[C@H]1CC(F)(F)CCN1C(C)(C)C.C[C@H]1CC(F)(F)CN1C(C)(C)C.C[C@H]1CCCCN1C(C)(C)C.C[C@H]1CCCN1C(C)(C)C. The summed E-state index contributed by atoms with van der Waals surface area (Å²) in [5, 5.41) is 0. The summed E-state index contributed by atoms with van der Waals surface area (Å²) >= 11 is 0. The fraction of sp³-hybridized carbons (Fsp3) is 1.00. The molecule has 5 nitrogen and oxygen atoms in total. The number of hydrogen-bond acceptors (Lipinski definition) is 5. The summed E-state index contributed by atoms with van der Waals surface area (Å²) in [5.41, 5.74) is 1.05. The van der Waals surface area contributed by atoms with E-state index < -0.39 is 11.8 Å². The Morgan fingerprint density at radius 1 is 0.386 bits per heavy atom. The van der Waals surface area contributed by atoms with Gasteiger partial charge in [0.1, 0.15) is 0 Å². The molecule has 57 heavy (non-hydrogen) atoms. The molecule has 0 amide bonds. The van der Waals surface area contributed by atoms with Crippen LogP contribution < -0.4 is 0 Å². The molecule has 6 saturated heterocycles. The maximum absolute atomic E-state index is 13.0. The Kier molecular flexibility index (Phi) is 18.6. The molecule has 0 aromatic carbocycles. The molecule has 6 rings (SSSR count). The first-order valence-corrected chi connectivity index (χ1v) is 23.2. The van der Waals surface area contributed by atoms with Gasteiger partial charge in [0.25, 0.3) is 11.8 Å². The van der Waals surface area contributed by atoms with Crippen LogP contribution in [-0.2, 0) is 0 Å². The highest BCUT2D eigenvalue weighted by molar-refractivity contribution is 5.00. The molecule has 0 N–H and O–H groups in total. The second-order valence-electron chi connectivity index (χ2n) is 23.8.